The van der Waals surface area contributed by atoms with E-state index in [-0.39, 0.29) is 23.7 Å². The van der Waals surface area contributed by atoms with Crippen LogP contribution in [0.1, 0.15) is 12.8 Å². The van der Waals surface area contributed by atoms with Crippen molar-refractivity contribution in [2.45, 2.75) is 25.0 Å². The lowest BCUT2D eigenvalue weighted by molar-refractivity contribution is -0.148. The molecule has 0 bridgehead atoms. The van der Waals surface area contributed by atoms with E-state index in [1.165, 1.54) is 23.8 Å². The van der Waals surface area contributed by atoms with Crippen LogP contribution in [0.15, 0.2) is 0 Å². The Hall–Kier alpha value is -1.28. The van der Waals surface area contributed by atoms with Gasteiger partial charge in [-0.05, 0) is 0 Å². The summed E-state index contributed by atoms with van der Waals surface area (Å²) < 4.78 is 5.14. The highest BCUT2D eigenvalue weighted by molar-refractivity contribution is 8.13. The number of ether oxygens (including phenoxy) is 1. The minimum Gasteiger partial charge on any atom is -0.480 e. The smallest absolute Gasteiger partial charge is 0.326 e. The van der Waals surface area contributed by atoms with Crippen molar-refractivity contribution in [3.8, 4) is 0 Å². The molecule has 2 aliphatic rings. The van der Waals surface area contributed by atoms with Crippen LogP contribution in [0.25, 0.3) is 0 Å². The number of aliphatic carboxylic acids is 1. The first-order valence-corrected chi connectivity index (χ1v) is 7.48. The Labute approximate surface area is 121 Å². The number of hydrogen-bond acceptors (Lipinski definition) is 5. The molecule has 112 valence electrons. The topological polar surface area (TPSA) is 87.2 Å². The van der Waals surface area contributed by atoms with Crippen LogP contribution in [0.2, 0.25) is 0 Å². The molecule has 2 amide bonds. The van der Waals surface area contributed by atoms with Gasteiger partial charge in [-0.15, -0.1) is 0 Å². The molecule has 2 unspecified atom stereocenters. The minimum absolute atomic E-state index is 0.0104. The van der Waals surface area contributed by atoms with Crippen LogP contribution in [0.4, 0.5) is 4.79 Å². The number of carbonyl (C=O) groups is 3. The van der Waals surface area contributed by atoms with E-state index in [9.17, 15) is 14.4 Å². The van der Waals surface area contributed by atoms with Crippen LogP contribution in [-0.4, -0.2) is 76.7 Å². The van der Waals surface area contributed by atoms with E-state index in [2.05, 4.69) is 0 Å². The maximum absolute atomic E-state index is 12.1. The third-order valence-corrected chi connectivity index (χ3v) is 4.53. The monoisotopic (exact) mass is 302 g/mol. The van der Waals surface area contributed by atoms with Crippen LogP contribution in [0.5, 0.6) is 0 Å². The predicted molar refractivity (Wildman–Crippen MR) is 72.6 cm³/mol. The zero-order chi connectivity index (χ0) is 14.7. The van der Waals surface area contributed by atoms with Gasteiger partial charge >= 0.3 is 5.97 Å². The van der Waals surface area contributed by atoms with Crippen molar-refractivity contribution >= 4 is 28.9 Å². The maximum atomic E-state index is 12.1. The van der Waals surface area contributed by atoms with Gasteiger partial charge in [0.1, 0.15) is 6.04 Å². The van der Waals surface area contributed by atoms with Crippen molar-refractivity contribution in [3.63, 3.8) is 0 Å². The number of nitrogens with zero attached hydrogens (tertiary/aromatic N) is 2. The molecule has 2 fully saturated rings. The number of methoxy groups -OCH3 is 1. The Morgan fingerprint density at radius 1 is 1.50 bits per heavy atom. The number of carbonyl (C=O) groups excluding carboxylic acids is 2. The van der Waals surface area contributed by atoms with Crippen molar-refractivity contribution in [1.82, 2.24) is 9.80 Å². The van der Waals surface area contributed by atoms with E-state index in [0.717, 1.165) is 5.75 Å². The Balaban J connectivity index is 1.90. The summed E-state index contributed by atoms with van der Waals surface area (Å²) in [6.07, 6.45) is 0.242. The van der Waals surface area contributed by atoms with Crippen LogP contribution < -0.4 is 0 Å². The van der Waals surface area contributed by atoms with E-state index < -0.39 is 12.0 Å². The van der Waals surface area contributed by atoms with Gasteiger partial charge < -0.3 is 19.6 Å². The summed E-state index contributed by atoms with van der Waals surface area (Å²) in [7, 11) is 1.51. The molecule has 0 saturated carbocycles. The molecule has 2 heterocycles. The molecule has 0 aromatic rings. The van der Waals surface area contributed by atoms with Gasteiger partial charge in [0.15, 0.2) is 0 Å². The predicted octanol–water partition coefficient (Wildman–Crippen LogP) is 0.246. The largest absolute Gasteiger partial charge is 0.480 e. The van der Waals surface area contributed by atoms with Crippen molar-refractivity contribution in [3.05, 3.63) is 0 Å². The minimum atomic E-state index is -1.01. The average Bonchev–Trinajstić information content (AvgIpc) is 3.02. The molecular weight excluding hydrogens is 284 g/mol. The van der Waals surface area contributed by atoms with Gasteiger partial charge in [0.05, 0.1) is 6.10 Å². The molecule has 0 aromatic heterocycles. The molecule has 2 rings (SSSR count). The first kappa shape index (κ1) is 15.1. The number of amides is 2. The van der Waals surface area contributed by atoms with Crippen molar-refractivity contribution < 1.29 is 24.2 Å². The van der Waals surface area contributed by atoms with Gasteiger partial charge in [0.2, 0.25) is 5.91 Å². The highest BCUT2D eigenvalue weighted by Crippen LogP contribution is 2.22. The second-order valence-electron chi connectivity index (χ2n) is 4.84. The molecule has 0 aromatic carbocycles. The van der Waals surface area contributed by atoms with E-state index in [1.807, 2.05) is 0 Å². The highest BCUT2D eigenvalue weighted by Gasteiger charge is 2.39. The van der Waals surface area contributed by atoms with Crippen LogP contribution in [0.3, 0.4) is 0 Å². The van der Waals surface area contributed by atoms with Crippen LogP contribution in [-0.2, 0) is 14.3 Å². The number of carboxylic acids is 1. The molecule has 0 spiro atoms. The third-order valence-electron chi connectivity index (χ3n) is 3.64. The summed E-state index contributed by atoms with van der Waals surface area (Å²) in [4.78, 5) is 37.7. The molecule has 7 nitrogen and oxygen atoms in total. The van der Waals surface area contributed by atoms with Gasteiger partial charge in [0, 0.05) is 45.3 Å². The van der Waals surface area contributed by atoms with Crippen molar-refractivity contribution in [2.24, 2.45) is 0 Å². The summed E-state index contributed by atoms with van der Waals surface area (Å²) in [5, 5.41) is 9.14. The van der Waals surface area contributed by atoms with Gasteiger partial charge in [-0.1, -0.05) is 11.8 Å². The van der Waals surface area contributed by atoms with Gasteiger partial charge in [-0.2, -0.15) is 0 Å². The summed E-state index contributed by atoms with van der Waals surface area (Å²) >= 11 is 1.25. The Kier molecular flexibility index (Phi) is 4.87. The molecule has 8 heteroatoms. The molecule has 0 aliphatic carbocycles. The third kappa shape index (κ3) is 3.24. The fourth-order valence-electron chi connectivity index (χ4n) is 2.48. The van der Waals surface area contributed by atoms with E-state index in [0.29, 0.717) is 26.1 Å². The highest BCUT2D eigenvalue weighted by atomic mass is 32.2. The Bertz CT molecular complexity index is 417. The molecule has 1 N–H and O–H groups in total. The van der Waals surface area contributed by atoms with E-state index >= 15 is 0 Å². The molecule has 0 radical (unpaired) electrons. The fourth-order valence-corrected chi connectivity index (χ4v) is 3.33. The van der Waals surface area contributed by atoms with Gasteiger partial charge in [0.25, 0.3) is 5.24 Å². The second kappa shape index (κ2) is 6.45. The zero-order valence-corrected chi connectivity index (χ0v) is 12.1. The first-order valence-electron chi connectivity index (χ1n) is 6.49. The lowest BCUT2D eigenvalue weighted by Gasteiger charge is -2.22. The number of thioether (sulfide) groups is 1. The summed E-state index contributed by atoms with van der Waals surface area (Å²) in [5.74, 6) is -0.493. The Morgan fingerprint density at radius 2 is 2.25 bits per heavy atom. The summed E-state index contributed by atoms with van der Waals surface area (Å²) in [6.45, 7) is 1.31. The van der Waals surface area contributed by atoms with E-state index in [1.54, 1.807) is 4.90 Å². The number of likely N-dealkylation sites (tertiary alicyclic amines) is 1. The summed E-state index contributed by atoms with van der Waals surface area (Å²) in [5.41, 5.74) is 0. The molecular formula is C12H18N2O5S. The van der Waals surface area contributed by atoms with Crippen LogP contribution in [0, 0.1) is 0 Å². The van der Waals surface area contributed by atoms with Crippen molar-refractivity contribution in [1.29, 1.82) is 0 Å². The Morgan fingerprint density at radius 3 is 2.80 bits per heavy atom. The lowest BCUT2D eigenvalue weighted by atomic mass is 10.2. The molecule has 2 saturated heterocycles. The average molecular weight is 302 g/mol. The summed E-state index contributed by atoms with van der Waals surface area (Å²) in [6, 6.07) is -0.823. The fraction of sp³-hybridized carbons (Fsp3) is 0.750. The van der Waals surface area contributed by atoms with E-state index in [4.69, 9.17) is 9.84 Å². The first-order chi connectivity index (χ1) is 9.52. The lowest BCUT2D eigenvalue weighted by Crippen LogP contribution is -2.42. The maximum Gasteiger partial charge on any atom is 0.326 e. The van der Waals surface area contributed by atoms with Gasteiger partial charge in [-0.25, -0.2) is 4.79 Å². The SMILES string of the molecule is COC1CC(C(=O)O)N(C(=O)CCN2CCSC2=O)C1. The van der Waals surface area contributed by atoms with Crippen molar-refractivity contribution in [2.75, 3.05) is 32.5 Å². The number of rotatable bonds is 5. The number of carboxylic acid groups (broad SMARTS) is 1. The quantitative estimate of drug-likeness (QED) is 0.783. The molecule has 2 atom stereocenters. The van der Waals surface area contributed by atoms with Gasteiger partial charge in [-0.3, -0.25) is 9.59 Å². The molecule has 2 aliphatic heterocycles. The second-order valence-corrected chi connectivity index (χ2v) is 5.89. The molecule has 20 heavy (non-hydrogen) atoms. The zero-order valence-electron chi connectivity index (χ0n) is 11.3. The van der Waals surface area contributed by atoms with Crippen LogP contribution >= 0.6 is 11.8 Å². The number of hydrogen-bond donors (Lipinski definition) is 1. The standard InChI is InChI=1S/C12H18N2O5S/c1-19-8-6-9(11(16)17)14(7-8)10(15)2-3-13-4-5-20-12(13)18/h8-9H,2-7H2,1H3,(H,16,17). The normalized spacial score (nSPS) is 26.4.